The van der Waals surface area contributed by atoms with Crippen LogP contribution in [-0.2, 0) is 17.8 Å². The van der Waals surface area contributed by atoms with Crippen molar-refractivity contribution in [1.82, 2.24) is 9.55 Å². The van der Waals surface area contributed by atoms with Crippen LogP contribution in [0.2, 0.25) is 0 Å². The Balaban J connectivity index is 2.11. The van der Waals surface area contributed by atoms with E-state index >= 15 is 0 Å². The molecule has 100 valence electrons. The van der Waals surface area contributed by atoms with Crippen LogP contribution in [0.5, 0.6) is 0 Å². The Kier molecular flexibility index (Phi) is 4.39. The second-order valence-corrected chi connectivity index (χ2v) is 5.18. The number of rotatable bonds is 4. The van der Waals surface area contributed by atoms with Gasteiger partial charge in [0.25, 0.3) is 0 Å². The zero-order valence-corrected chi connectivity index (χ0v) is 11.0. The Bertz CT molecular complexity index is 400. The predicted molar refractivity (Wildman–Crippen MR) is 69.3 cm³/mol. The molecule has 4 heteroatoms. The van der Waals surface area contributed by atoms with Crippen molar-refractivity contribution in [2.24, 2.45) is 11.8 Å². The van der Waals surface area contributed by atoms with Crippen LogP contribution in [0.15, 0.2) is 12.4 Å². The van der Waals surface area contributed by atoms with Gasteiger partial charge >= 0.3 is 5.97 Å². The van der Waals surface area contributed by atoms with Crippen LogP contribution in [0.4, 0.5) is 0 Å². The van der Waals surface area contributed by atoms with Gasteiger partial charge in [-0.1, -0.05) is 19.3 Å². The van der Waals surface area contributed by atoms with Gasteiger partial charge in [-0.25, -0.2) is 4.98 Å². The molecule has 4 nitrogen and oxygen atoms in total. The SMILES string of the molecule is CCn1ccnc1CC1CCCCCC1C(=O)O. The highest BCUT2D eigenvalue weighted by Gasteiger charge is 2.30. The summed E-state index contributed by atoms with van der Waals surface area (Å²) in [6.07, 6.45) is 9.81. The summed E-state index contributed by atoms with van der Waals surface area (Å²) in [6.45, 7) is 2.99. The molecule has 1 aliphatic carbocycles. The topological polar surface area (TPSA) is 55.1 Å². The van der Waals surface area contributed by atoms with Crippen LogP contribution in [0.1, 0.15) is 44.9 Å². The summed E-state index contributed by atoms with van der Waals surface area (Å²) in [5.74, 6) is 0.472. The highest BCUT2D eigenvalue weighted by molar-refractivity contribution is 5.70. The number of imidazole rings is 1. The van der Waals surface area contributed by atoms with E-state index in [2.05, 4.69) is 16.5 Å². The first-order valence-electron chi connectivity index (χ1n) is 6.95. The maximum Gasteiger partial charge on any atom is 0.306 e. The van der Waals surface area contributed by atoms with Crippen molar-refractivity contribution in [1.29, 1.82) is 0 Å². The molecule has 2 atom stereocenters. The maximum absolute atomic E-state index is 11.4. The van der Waals surface area contributed by atoms with Crippen molar-refractivity contribution in [3.8, 4) is 0 Å². The summed E-state index contributed by atoms with van der Waals surface area (Å²) in [5.41, 5.74) is 0. The average molecular weight is 250 g/mol. The third-order valence-corrected chi connectivity index (χ3v) is 4.06. The standard InChI is InChI=1S/C14H22N2O2/c1-2-16-9-8-15-13(16)10-11-6-4-3-5-7-12(11)14(17)18/h8-9,11-12H,2-7,10H2,1H3,(H,17,18). The minimum Gasteiger partial charge on any atom is -0.481 e. The molecule has 1 aromatic rings. The van der Waals surface area contributed by atoms with Crippen LogP contribution in [-0.4, -0.2) is 20.6 Å². The molecule has 2 rings (SSSR count). The van der Waals surface area contributed by atoms with Gasteiger partial charge in [-0.05, 0) is 25.7 Å². The van der Waals surface area contributed by atoms with E-state index in [-0.39, 0.29) is 11.8 Å². The minimum atomic E-state index is -0.628. The number of hydrogen-bond donors (Lipinski definition) is 1. The number of hydrogen-bond acceptors (Lipinski definition) is 2. The van der Waals surface area contributed by atoms with Crippen molar-refractivity contribution in [2.75, 3.05) is 0 Å². The molecule has 0 radical (unpaired) electrons. The molecular weight excluding hydrogens is 228 g/mol. The van der Waals surface area contributed by atoms with Crippen molar-refractivity contribution >= 4 is 5.97 Å². The summed E-state index contributed by atoms with van der Waals surface area (Å²) in [6, 6.07) is 0. The Morgan fingerprint density at radius 1 is 1.44 bits per heavy atom. The third kappa shape index (κ3) is 2.92. The number of carbonyl (C=O) groups is 1. The van der Waals surface area contributed by atoms with Gasteiger partial charge in [0.05, 0.1) is 5.92 Å². The van der Waals surface area contributed by atoms with E-state index in [4.69, 9.17) is 0 Å². The van der Waals surface area contributed by atoms with E-state index in [1.54, 1.807) is 0 Å². The Morgan fingerprint density at radius 2 is 2.22 bits per heavy atom. The smallest absolute Gasteiger partial charge is 0.306 e. The second kappa shape index (κ2) is 6.03. The Hall–Kier alpha value is -1.32. The summed E-state index contributed by atoms with van der Waals surface area (Å²) < 4.78 is 2.11. The molecule has 1 N–H and O–H groups in total. The maximum atomic E-state index is 11.4. The van der Waals surface area contributed by atoms with Gasteiger partial charge in [0, 0.05) is 25.4 Å². The normalized spacial score (nSPS) is 24.7. The first-order chi connectivity index (χ1) is 8.72. The summed E-state index contributed by atoms with van der Waals surface area (Å²) in [4.78, 5) is 15.7. The van der Waals surface area contributed by atoms with E-state index in [0.717, 1.165) is 44.5 Å². The van der Waals surface area contributed by atoms with Gasteiger partial charge in [-0.15, -0.1) is 0 Å². The molecule has 1 heterocycles. The highest BCUT2D eigenvalue weighted by atomic mass is 16.4. The number of carboxylic acid groups (broad SMARTS) is 1. The average Bonchev–Trinajstić information content (AvgIpc) is 2.65. The lowest BCUT2D eigenvalue weighted by molar-refractivity contribution is -0.143. The van der Waals surface area contributed by atoms with Gasteiger partial charge < -0.3 is 9.67 Å². The van der Waals surface area contributed by atoms with Gasteiger partial charge in [0.15, 0.2) is 0 Å². The van der Waals surface area contributed by atoms with Crippen LogP contribution < -0.4 is 0 Å². The number of aliphatic carboxylic acids is 1. The van der Waals surface area contributed by atoms with Gasteiger partial charge in [0.2, 0.25) is 0 Å². The molecular formula is C14H22N2O2. The lowest BCUT2D eigenvalue weighted by Crippen LogP contribution is -2.25. The van der Waals surface area contributed by atoms with E-state index in [1.807, 2.05) is 12.4 Å². The first kappa shape index (κ1) is 13.1. The minimum absolute atomic E-state index is 0.186. The molecule has 0 aromatic carbocycles. The molecule has 0 bridgehead atoms. The molecule has 1 aliphatic rings. The molecule has 1 fully saturated rings. The van der Waals surface area contributed by atoms with Crippen LogP contribution in [0.25, 0.3) is 0 Å². The van der Waals surface area contributed by atoms with E-state index in [1.165, 1.54) is 6.42 Å². The fraction of sp³-hybridized carbons (Fsp3) is 0.714. The van der Waals surface area contributed by atoms with Crippen molar-refractivity contribution < 1.29 is 9.90 Å². The summed E-state index contributed by atoms with van der Waals surface area (Å²) in [5, 5.41) is 9.36. The summed E-state index contributed by atoms with van der Waals surface area (Å²) >= 11 is 0. The first-order valence-corrected chi connectivity index (χ1v) is 6.95. The Morgan fingerprint density at radius 3 is 2.94 bits per heavy atom. The predicted octanol–water partition coefficient (Wildman–Crippen LogP) is 2.73. The molecule has 2 unspecified atom stereocenters. The molecule has 0 amide bonds. The fourth-order valence-electron chi connectivity index (χ4n) is 3.01. The van der Waals surface area contributed by atoms with Gasteiger partial charge in [0.1, 0.15) is 5.82 Å². The van der Waals surface area contributed by atoms with E-state index in [9.17, 15) is 9.90 Å². The van der Waals surface area contributed by atoms with Crippen molar-refractivity contribution in [3.05, 3.63) is 18.2 Å². The zero-order valence-electron chi connectivity index (χ0n) is 11.0. The van der Waals surface area contributed by atoms with Crippen molar-refractivity contribution in [3.63, 3.8) is 0 Å². The molecule has 0 aliphatic heterocycles. The van der Waals surface area contributed by atoms with Crippen LogP contribution in [0.3, 0.4) is 0 Å². The molecule has 18 heavy (non-hydrogen) atoms. The largest absolute Gasteiger partial charge is 0.481 e. The number of carboxylic acids is 1. The third-order valence-electron chi connectivity index (χ3n) is 4.06. The quantitative estimate of drug-likeness (QED) is 0.836. The van der Waals surface area contributed by atoms with Gasteiger partial charge in [-0.3, -0.25) is 4.79 Å². The fourth-order valence-corrected chi connectivity index (χ4v) is 3.01. The molecule has 1 aromatic heterocycles. The number of nitrogens with zero attached hydrogens (tertiary/aromatic N) is 2. The highest BCUT2D eigenvalue weighted by Crippen LogP contribution is 2.31. The van der Waals surface area contributed by atoms with Crippen LogP contribution in [0, 0.1) is 11.8 Å². The van der Waals surface area contributed by atoms with Crippen molar-refractivity contribution in [2.45, 2.75) is 52.0 Å². The van der Waals surface area contributed by atoms with E-state index in [0.29, 0.717) is 0 Å². The van der Waals surface area contributed by atoms with Crippen LogP contribution >= 0.6 is 0 Å². The molecule has 1 saturated carbocycles. The monoisotopic (exact) mass is 250 g/mol. The lowest BCUT2D eigenvalue weighted by Gasteiger charge is -2.21. The molecule has 0 spiro atoms. The Labute approximate surface area is 108 Å². The van der Waals surface area contributed by atoms with E-state index < -0.39 is 5.97 Å². The second-order valence-electron chi connectivity index (χ2n) is 5.18. The lowest BCUT2D eigenvalue weighted by atomic mass is 9.85. The molecule has 0 saturated heterocycles. The number of aromatic nitrogens is 2. The zero-order chi connectivity index (χ0) is 13.0. The number of aryl methyl sites for hydroxylation is 1. The van der Waals surface area contributed by atoms with Gasteiger partial charge in [-0.2, -0.15) is 0 Å². The summed E-state index contributed by atoms with van der Waals surface area (Å²) in [7, 11) is 0.